The van der Waals surface area contributed by atoms with Gasteiger partial charge < -0.3 is 9.47 Å². The summed E-state index contributed by atoms with van der Waals surface area (Å²) in [5.74, 6) is -0.223. The van der Waals surface area contributed by atoms with Crippen LogP contribution in [0.1, 0.15) is 11.1 Å². The van der Waals surface area contributed by atoms with E-state index in [4.69, 9.17) is 9.47 Å². The zero-order valence-electron chi connectivity index (χ0n) is 18.6. The molecule has 2 heterocycles. The second-order valence-electron chi connectivity index (χ2n) is 7.39. The lowest BCUT2D eigenvalue weighted by molar-refractivity contribution is -0.385. The lowest BCUT2D eigenvalue weighted by Crippen LogP contribution is -2.35. The molecule has 0 aliphatic carbocycles. The van der Waals surface area contributed by atoms with Crippen LogP contribution in [0.3, 0.4) is 0 Å². The molecule has 1 aliphatic rings. The fourth-order valence-electron chi connectivity index (χ4n) is 3.47. The number of ether oxygens (including phenoxy) is 2. The fourth-order valence-corrected chi connectivity index (χ4v) is 3.47. The summed E-state index contributed by atoms with van der Waals surface area (Å²) in [6, 6.07) is 14.8. The molecule has 1 aliphatic heterocycles. The number of hydrogen-bond acceptors (Lipinski definition) is 7. The number of hydrazine groups is 1. The van der Waals surface area contributed by atoms with Crippen molar-refractivity contribution in [2.75, 3.05) is 12.1 Å². The topological polar surface area (TPSA) is 124 Å². The van der Waals surface area contributed by atoms with E-state index in [0.717, 1.165) is 6.20 Å². The third-order valence-electron chi connectivity index (χ3n) is 5.09. The van der Waals surface area contributed by atoms with Gasteiger partial charge in [0.15, 0.2) is 11.5 Å². The zero-order chi connectivity index (χ0) is 24.9. The van der Waals surface area contributed by atoms with Gasteiger partial charge >= 0.3 is 0 Å². The van der Waals surface area contributed by atoms with Gasteiger partial charge in [0.25, 0.3) is 17.5 Å². The van der Waals surface area contributed by atoms with Gasteiger partial charge in [0.1, 0.15) is 11.8 Å². The van der Waals surface area contributed by atoms with Crippen molar-refractivity contribution in [3.63, 3.8) is 0 Å². The van der Waals surface area contributed by atoms with Crippen LogP contribution < -0.4 is 19.9 Å². The molecule has 0 bridgehead atoms. The van der Waals surface area contributed by atoms with E-state index in [1.165, 1.54) is 30.3 Å². The molecular weight excluding hydrogens is 452 g/mol. The number of carbonyl (C=O) groups excluding carboxylic acids is 2. The number of amides is 2. The number of carbonyl (C=O) groups is 2. The third-order valence-corrected chi connectivity index (χ3v) is 5.09. The lowest BCUT2D eigenvalue weighted by Gasteiger charge is -2.15. The average molecular weight is 472 g/mol. The number of nitrogens with zero attached hydrogens (tertiary/aromatic N) is 3. The van der Waals surface area contributed by atoms with Gasteiger partial charge in [-0.15, -0.1) is 6.58 Å². The smallest absolute Gasteiger partial charge is 0.287 e. The van der Waals surface area contributed by atoms with Crippen LogP contribution in [0, 0.1) is 10.1 Å². The maximum absolute atomic E-state index is 12.9. The first-order valence-corrected chi connectivity index (χ1v) is 10.4. The number of para-hydroxylation sites is 1. The van der Waals surface area contributed by atoms with Crippen molar-refractivity contribution < 1.29 is 24.0 Å². The Labute approximate surface area is 200 Å². The number of aromatic nitrogens is 1. The number of anilines is 1. The molecule has 35 heavy (non-hydrogen) atoms. The van der Waals surface area contributed by atoms with Crippen LogP contribution in [0.4, 0.5) is 11.4 Å². The molecule has 2 aromatic carbocycles. The summed E-state index contributed by atoms with van der Waals surface area (Å²) in [5, 5.41) is 12.1. The predicted molar refractivity (Wildman–Crippen MR) is 128 cm³/mol. The number of allylic oxidation sites excluding steroid dienone is 1. The normalized spacial score (nSPS) is 14.1. The minimum absolute atomic E-state index is 0.0360. The molecule has 1 saturated heterocycles. The van der Waals surface area contributed by atoms with Crippen molar-refractivity contribution in [1.82, 2.24) is 10.4 Å². The summed E-state index contributed by atoms with van der Waals surface area (Å²) in [7, 11) is 1.45. The van der Waals surface area contributed by atoms with Crippen LogP contribution in [0.2, 0.25) is 0 Å². The molecule has 0 unspecified atom stereocenters. The Hall–Kier alpha value is -4.99. The van der Waals surface area contributed by atoms with Gasteiger partial charge in [-0.2, -0.15) is 0 Å². The number of pyridine rings is 1. The lowest BCUT2D eigenvalue weighted by atomic mass is 10.0. The zero-order valence-corrected chi connectivity index (χ0v) is 18.6. The number of rotatable bonds is 8. The Morgan fingerprint density at radius 1 is 1.17 bits per heavy atom. The van der Waals surface area contributed by atoms with E-state index < -0.39 is 16.7 Å². The first kappa shape index (κ1) is 23.2. The first-order chi connectivity index (χ1) is 16.9. The standard InChI is InChI=1S/C25H20N4O6/c1-3-7-17-12-16(13-20-24(30)27-28(25(20)31)18-8-5-4-6-9-18)14-21(34-2)23(17)35-22-11-10-19(15-26-22)29(32)33/h3-6,8-15H,1,7H2,2H3,(H,27,30). The maximum atomic E-state index is 12.9. The van der Waals surface area contributed by atoms with Crippen LogP contribution in [-0.4, -0.2) is 28.8 Å². The van der Waals surface area contributed by atoms with Crippen molar-refractivity contribution in [2.45, 2.75) is 6.42 Å². The second-order valence-corrected chi connectivity index (χ2v) is 7.39. The molecule has 0 atom stereocenters. The molecule has 3 aromatic rings. The number of nitrogens with one attached hydrogen (secondary N) is 1. The number of benzene rings is 2. The van der Waals surface area contributed by atoms with Crippen molar-refractivity contribution in [1.29, 1.82) is 0 Å². The van der Waals surface area contributed by atoms with Crippen molar-refractivity contribution in [2.24, 2.45) is 0 Å². The molecule has 0 saturated carbocycles. The van der Waals surface area contributed by atoms with Gasteiger partial charge in [-0.05, 0) is 42.3 Å². The van der Waals surface area contributed by atoms with E-state index in [1.54, 1.807) is 42.5 Å². The molecule has 1 aromatic heterocycles. The number of nitro groups is 1. The van der Waals surface area contributed by atoms with Crippen LogP contribution >= 0.6 is 0 Å². The molecule has 4 rings (SSSR count). The molecule has 1 N–H and O–H groups in total. The summed E-state index contributed by atoms with van der Waals surface area (Å²) in [6.07, 6.45) is 4.61. The largest absolute Gasteiger partial charge is 0.493 e. The Morgan fingerprint density at radius 3 is 2.57 bits per heavy atom. The summed E-state index contributed by atoms with van der Waals surface area (Å²) in [5.41, 5.74) is 4.09. The highest BCUT2D eigenvalue weighted by Gasteiger charge is 2.34. The fraction of sp³-hybridized carbons (Fsp3) is 0.0800. The van der Waals surface area contributed by atoms with Crippen LogP contribution in [0.15, 0.2) is 79.0 Å². The summed E-state index contributed by atoms with van der Waals surface area (Å²) < 4.78 is 11.4. The molecule has 10 nitrogen and oxygen atoms in total. The number of hydrogen-bond donors (Lipinski definition) is 1. The van der Waals surface area contributed by atoms with Crippen molar-refractivity contribution in [3.8, 4) is 17.4 Å². The SMILES string of the molecule is C=CCc1cc(C=C2C(=O)NN(c3ccccc3)C2=O)cc(OC)c1Oc1ccc([N+](=O)[O-])cn1. The van der Waals surface area contributed by atoms with Gasteiger partial charge in [-0.25, -0.2) is 9.99 Å². The van der Waals surface area contributed by atoms with Crippen LogP contribution in [-0.2, 0) is 16.0 Å². The molecule has 10 heteroatoms. The molecule has 0 spiro atoms. The van der Waals surface area contributed by atoms with Gasteiger partial charge in [0, 0.05) is 17.7 Å². The van der Waals surface area contributed by atoms with Crippen LogP contribution in [0.5, 0.6) is 17.4 Å². The minimum Gasteiger partial charge on any atom is -0.493 e. The Kier molecular flexibility index (Phi) is 6.54. The van der Waals surface area contributed by atoms with E-state index in [9.17, 15) is 19.7 Å². The summed E-state index contributed by atoms with van der Waals surface area (Å²) in [6.45, 7) is 3.76. The summed E-state index contributed by atoms with van der Waals surface area (Å²) >= 11 is 0. The highest BCUT2D eigenvalue weighted by molar-refractivity contribution is 6.31. The predicted octanol–water partition coefficient (Wildman–Crippen LogP) is 3.98. The van der Waals surface area contributed by atoms with Crippen LogP contribution in [0.25, 0.3) is 6.08 Å². The average Bonchev–Trinajstić information content (AvgIpc) is 3.14. The van der Waals surface area contributed by atoms with E-state index >= 15 is 0 Å². The van der Waals surface area contributed by atoms with Gasteiger partial charge in [0.2, 0.25) is 5.88 Å². The van der Waals surface area contributed by atoms with E-state index in [1.807, 2.05) is 6.07 Å². The first-order valence-electron chi connectivity index (χ1n) is 10.4. The molecule has 2 amide bonds. The molecule has 176 valence electrons. The van der Waals surface area contributed by atoms with Crippen molar-refractivity contribution >= 4 is 29.3 Å². The monoisotopic (exact) mass is 472 g/mol. The Morgan fingerprint density at radius 2 is 1.94 bits per heavy atom. The van der Waals surface area contributed by atoms with Crippen molar-refractivity contribution in [3.05, 3.63) is 100 Å². The second kappa shape index (κ2) is 9.87. The minimum atomic E-state index is -0.553. The van der Waals surface area contributed by atoms with E-state index in [0.29, 0.717) is 34.7 Å². The maximum Gasteiger partial charge on any atom is 0.287 e. The Bertz CT molecular complexity index is 1340. The number of methoxy groups -OCH3 is 1. The van der Waals surface area contributed by atoms with Gasteiger partial charge in [0.05, 0.1) is 17.7 Å². The molecule has 1 fully saturated rings. The van der Waals surface area contributed by atoms with Gasteiger partial charge in [-0.3, -0.25) is 25.1 Å². The molecular formula is C25H20N4O6. The quantitative estimate of drug-likeness (QED) is 0.173. The highest BCUT2D eigenvalue weighted by atomic mass is 16.6. The highest BCUT2D eigenvalue weighted by Crippen LogP contribution is 2.37. The van der Waals surface area contributed by atoms with E-state index in [-0.39, 0.29) is 17.1 Å². The molecule has 0 radical (unpaired) electrons. The Balaban J connectivity index is 1.69. The van der Waals surface area contributed by atoms with E-state index in [2.05, 4.69) is 17.0 Å². The third kappa shape index (κ3) is 4.86. The summed E-state index contributed by atoms with van der Waals surface area (Å²) in [4.78, 5) is 39.8. The van der Waals surface area contributed by atoms with Gasteiger partial charge in [-0.1, -0.05) is 24.3 Å².